The molecule has 0 fully saturated rings. The van der Waals surface area contributed by atoms with Crippen LogP contribution in [0.5, 0.6) is 0 Å². The molecule has 18 heavy (non-hydrogen) atoms. The van der Waals surface area contributed by atoms with E-state index < -0.39 is 0 Å². The molecule has 0 aliphatic carbocycles. The number of nitrogens with one attached hydrogen (secondary N) is 1. The van der Waals surface area contributed by atoms with Crippen molar-refractivity contribution in [2.24, 2.45) is 0 Å². The Labute approximate surface area is 111 Å². The Kier molecular flexibility index (Phi) is 3.67. The summed E-state index contributed by atoms with van der Waals surface area (Å²) in [5.74, 6) is -0.0533. The number of para-hydroxylation sites is 2. The van der Waals surface area contributed by atoms with Crippen LogP contribution in [0.4, 0.5) is 11.4 Å². The lowest BCUT2D eigenvalue weighted by Gasteiger charge is -2.17. The Morgan fingerprint density at radius 1 is 1.17 bits per heavy atom. The van der Waals surface area contributed by atoms with Gasteiger partial charge in [0.2, 0.25) is 0 Å². The van der Waals surface area contributed by atoms with Crippen LogP contribution in [0, 0.1) is 6.92 Å². The van der Waals surface area contributed by atoms with Crippen molar-refractivity contribution in [1.82, 2.24) is 0 Å². The van der Waals surface area contributed by atoms with Crippen LogP contribution in [-0.4, -0.2) is 20.0 Å². The monoisotopic (exact) mass is 260 g/mol. The second-order valence-corrected chi connectivity index (χ2v) is 5.56. The minimum absolute atomic E-state index is 0.0533. The molecule has 4 heteroatoms. The predicted molar refractivity (Wildman–Crippen MR) is 77.8 cm³/mol. The SMILES string of the molecule is Cc1ccc(C(=O)Nc2ccccc2N(C)C)s1. The third-order valence-electron chi connectivity index (χ3n) is 2.60. The summed E-state index contributed by atoms with van der Waals surface area (Å²) in [6, 6.07) is 11.6. The smallest absolute Gasteiger partial charge is 0.265 e. The molecule has 1 aromatic carbocycles. The molecular formula is C14H16N2OS. The third-order valence-corrected chi connectivity index (χ3v) is 3.60. The van der Waals surface area contributed by atoms with Crippen LogP contribution >= 0.6 is 11.3 Å². The quantitative estimate of drug-likeness (QED) is 0.917. The summed E-state index contributed by atoms with van der Waals surface area (Å²) < 4.78 is 0. The van der Waals surface area contributed by atoms with Crippen LogP contribution in [0.3, 0.4) is 0 Å². The first kappa shape index (κ1) is 12.6. The minimum atomic E-state index is -0.0533. The van der Waals surface area contributed by atoms with E-state index in [2.05, 4.69) is 5.32 Å². The molecule has 0 saturated carbocycles. The van der Waals surface area contributed by atoms with E-state index in [4.69, 9.17) is 0 Å². The lowest BCUT2D eigenvalue weighted by atomic mass is 10.2. The van der Waals surface area contributed by atoms with Gasteiger partial charge in [-0.15, -0.1) is 11.3 Å². The van der Waals surface area contributed by atoms with Crippen molar-refractivity contribution < 1.29 is 4.79 Å². The van der Waals surface area contributed by atoms with Crippen LogP contribution < -0.4 is 10.2 Å². The number of rotatable bonds is 3. The van der Waals surface area contributed by atoms with Crippen molar-refractivity contribution in [3.8, 4) is 0 Å². The van der Waals surface area contributed by atoms with Gasteiger partial charge >= 0.3 is 0 Å². The summed E-state index contributed by atoms with van der Waals surface area (Å²) in [5, 5.41) is 2.95. The summed E-state index contributed by atoms with van der Waals surface area (Å²) in [4.78, 5) is 15.9. The summed E-state index contributed by atoms with van der Waals surface area (Å²) >= 11 is 1.50. The summed E-state index contributed by atoms with van der Waals surface area (Å²) in [5.41, 5.74) is 1.83. The lowest BCUT2D eigenvalue weighted by Crippen LogP contribution is -2.15. The molecule has 1 N–H and O–H groups in total. The third kappa shape index (κ3) is 2.71. The van der Waals surface area contributed by atoms with Gasteiger partial charge in [0.15, 0.2) is 0 Å². The number of hydrogen-bond donors (Lipinski definition) is 1. The van der Waals surface area contributed by atoms with Gasteiger partial charge in [-0.05, 0) is 31.2 Å². The van der Waals surface area contributed by atoms with Gasteiger partial charge in [-0.3, -0.25) is 4.79 Å². The van der Waals surface area contributed by atoms with Crippen molar-refractivity contribution in [1.29, 1.82) is 0 Å². The molecule has 3 nitrogen and oxygen atoms in total. The minimum Gasteiger partial charge on any atom is -0.376 e. The van der Waals surface area contributed by atoms with E-state index in [-0.39, 0.29) is 5.91 Å². The highest BCUT2D eigenvalue weighted by molar-refractivity contribution is 7.14. The van der Waals surface area contributed by atoms with Crippen LogP contribution in [0.1, 0.15) is 14.5 Å². The Morgan fingerprint density at radius 2 is 1.89 bits per heavy atom. The number of thiophene rings is 1. The number of carbonyl (C=O) groups is 1. The number of amides is 1. The average Bonchev–Trinajstić information content (AvgIpc) is 2.76. The van der Waals surface area contributed by atoms with Gasteiger partial charge in [0.25, 0.3) is 5.91 Å². The highest BCUT2D eigenvalue weighted by Crippen LogP contribution is 2.25. The standard InChI is InChI=1S/C14H16N2OS/c1-10-8-9-13(18-10)14(17)15-11-6-4-5-7-12(11)16(2)3/h4-9H,1-3H3,(H,15,17). The summed E-state index contributed by atoms with van der Waals surface area (Å²) in [7, 11) is 3.92. The van der Waals surface area contributed by atoms with Gasteiger partial charge in [0, 0.05) is 19.0 Å². The van der Waals surface area contributed by atoms with Gasteiger partial charge in [0.05, 0.1) is 16.3 Å². The van der Waals surface area contributed by atoms with E-state index in [1.165, 1.54) is 11.3 Å². The molecule has 0 unspecified atom stereocenters. The second kappa shape index (κ2) is 5.23. The fraction of sp³-hybridized carbons (Fsp3) is 0.214. The van der Waals surface area contributed by atoms with E-state index in [1.54, 1.807) is 0 Å². The van der Waals surface area contributed by atoms with Gasteiger partial charge in [-0.25, -0.2) is 0 Å². The molecule has 1 amide bonds. The number of anilines is 2. The molecule has 0 bridgehead atoms. The number of hydrogen-bond acceptors (Lipinski definition) is 3. The normalized spacial score (nSPS) is 10.2. The molecular weight excluding hydrogens is 244 g/mol. The molecule has 2 rings (SSSR count). The average molecular weight is 260 g/mol. The maximum Gasteiger partial charge on any atom is 0.265 e. The highest BCUT2D eigenvalue weighted by Gasteiger charge is 2.11. The molecule has 0 spiro atoms. The molecule has 94 valence electrons. The Bertz CT molecular complexity index is 560. The van der Waals surface area contributed by atoms with Gasteiger partial charge < -0.3 is 10.2 Å². The molecule has 0 radical (unpaired) electrons. The van der Waals surface area contributed by atoms with Crippen molar-refractivity contribution in [3.63, 3.8) is 0 Å². The first-order chi connectivity index (χ1) is 8.58. The van der Waals surface area contributed by atoms with E-state index in [0.717, 1.165) is 21.1 Å². The molecule has 1 aromatic heterocycles. The zero-order valence-corrected chi connectivity index (χ0v) is 11.5. The van der Waals surface area contributed by atoms with E-state index in [9.17, 15) is 4.79 Å². The fourth-order valence-corrected chi connectivity index (χ4v) is 2.47. The molecule has 0 aliphatic heterocycles. The predicted octanol–water partition coefficient (Wildman–Crippen LogP) is 3.37. The molecule has 0 aliphatic rings. The van der Waals surface area contributed by atoms with Crippen LogP contribution in [-0.2, 0) is 0 Å². The second-order valence-electron chi connectivity index (χ2n) is 4.28. The number of benzene rings is 1. The van der Waals surface area contributed by atoms with Crippen LogP contribution in [0.15, 0.2) is 36.4 Å². The Balaban J connectivity index is 2.22. The maximum absolute atomic E-state index is 12.1. The lowest BCUT2D eigenvalue weighted by molar-refractivity contribution is 0.103. The Hall–Kier alpha value is -1.81. The zero-order chi connectivity index (χ0) is 13.1. The van der Waals surface area contributed by atoms with Crippen LogP contribution in [0.25, 0.3) is 0 Å². The van der Waals surface area contributed by atoms with Crippen LogP contribution in [0.2, 0.25) is 0 Å². The van der Waals surface area contributed by atoms with Gasteiger partial charge in [-0.1, -0.05) is 12.1 Å². The Morgan fingerprint density at radius 3 is 2.50 bits per heavy atom. The fourth-order valence-electron chi connectivity index (χ4n) is 1.71. The van der Waals surface area contributed by atoms with Gasteiger partial charge in [-0.2, -0.15) is 0 Å². The number of aryl methyl sites for hydroxylation is 1. The van der Waals surface area contributed by atoms with Crippen molar-refractivity contribution in [2.45, 2.75) is 6.92 Å². The molecule has 2 aromatic rings. The van der Waals surface area contributed by atoms with E-state index in [0.29, 0.717) is 0 Å². The van der Waals surface area contributed by atoms with E-state index in [1.807, 2.05) is 62.3 Å². The molecule has 0 saturated heterocycles. The number of nitrogens with zero attached hydrogens (tertiary/aromatic N) is 1. The topological polar surface area (TPSA) is 32.3 Å². The van der Waals surface area contributed by atoms with Crippen molar-refractivity contribution in [2.75, 3.05) is 24.3 Å². The zero-order valence-electron chi connectivity index (χ0n) is 10.7. The first-order valence-electron chi connectivity index (χ1n) is 5.72. The first-order valence-corrected chi connectivity index (χ1v) is 6.53. The van der Waals surface area contributed by atoms with E-state index >= 15 is 0 Å². The summed E-state index contributed by atoms with van der Waals surface area (Å²) in [6.07, 6.45) is 0. The van der Waals surface area contributed by atoms with Crippen molar-refractivity contribution in [3.05, 3.63) is 46.2 Å². The largest absolute Gasteiger partial charge is 0.376 e. The summed E-state index contributed by atoms with van der Waals surface area (Å²) in [6.45, 7) is 2.00. The molecule has 1 heterocycles. The molecule has 0 atom stereocenters. The number of carbonyl (C=O) groups excluding carboxylic acids is 1. The maximum atomic E-state index is 12.1. The highest BCUT2D eigenvalue weighted by atomic mass is 32.1. The van der Waals surface area contributed by atoms with Gasteiger partial charge in [0.1, 0.15) is 0 Å². The van der Waals surface area contributed by atoms with Crippen molar-refractivity contribution >= 4 is 28.6 Å².